The van der Waals surface area contributed by atoms with Gasteiger partial charge in [0.05, 0.1) is 9.82 Å². The Kier molecular flexibility index (Phi) is 4.47. The van der Waals surface area contributed by atoms with Crippen LogP contribution in [0.2, 0.25) is 0 Å². The third-order valence-electron chi connectivity index (χ3n) is 3.74. The monoisotopic (exact) mass is 327 g/mol. The van der Waals surface area contributed by atoms with E-state index in [-0.39, 0.29) is 22.3 Å². The van der Waals surface area contributed by atoms with E-state index in [9.17, 15) is 23.3 Å². The molecule has 0 bridgehead atoms. The molecular formula is C13H17N3O5S. The molecule has 1 saturated heterocycles. The minimum Gasteiger partial charge on any atom is -0.365 e. The molecule has 1 aromatic carbocycles. The van der Waals surface area contributed by atoms with E-state index in [0.29, 0.717) is 25.2 Å². The van der Waals surface area contributed by atoms with Crippen molar-refractivity contribution in [2.24, 2.45) is 5.92 Å². The van der Waals surface area contributed by atoms with Crippen LogP contribution in [0.1, 0.15) is 13.3 Å². The summed E-state index contributed by atoms with van der Waals surface area (Å²) < 4.78 is 25.7. The molecule has 0 aromatic heterocycles. The van der Waals surface area contributed by atoms with E-state index >= 15 is 0 Å². The van der Waals surface area contributed by atoms with Crippen molar-refractivity contribution in [1.29, 1.82) is 0 Å². The molecule has 2 rings (SSSR count). The lowest BCUT2D eigenvalue weighted by Gasteiger charge is -2.31. The number of carbonyl (C=O) groups excluding carboxylic acids is 1. The van der Waals surface area contributed by atoms with Gasteiger partial charge in [-0.3, -0.25) is 14.9 Å². The van der Waals surface area contributed by atoms with Crippen molar-refractivity contribution in [3.8, 4) is 0 Å². The fraction of sp³-hybridized carbons (Fsp3) is 0.462. The van der Waals surface area contributed by atoms with E-state index in [4.69, 9.17) is 0 Å². The molecule has 1 N–H and O–H groups in total. The summed E-state index contributed by atoms with van der Waals surface area (Å²) in [5.74, 6) is -0.0673. The van der Waals surface area contributed by atoms with Gasteiger partial charge in [-0.2, -0.15) is 0 Å². The van der Waals surface area contributed by atoms with Crippen molar-refractivity contribution in [3.05, 3.63) is 28.3 Å². The number of hydrogen-bond acceptors (Lipinski definition) is 6. The van der Waals surface area contributed by atoms with E-state index in [2.05, 4.69) is 4.72 Å². The second-order valence-corrected chi connectivity index (χ2v) is 7.07. The number of sulfonamides is 1. The lowest BCUT2D eigenvalue weighted by atomic mass is 9.98. The highest BCUT2D eigenvalue weighted by molar-refractivity contribution is 7.89. The smallest absolute Gasteiger partial charge is 0.293 e. The number of benzene rings is 1. The first-order valence-corrected chi connectivity index (χ1v) is 8.24. The highest BCUT2D eigenvalue weighted by Gasteiger charge is 2.29. The minimum atomic E-state index is -3.75. The van der Waals surface area contributed by atoms with Gasteiger partial charge in [0.25, 0.3) is 5.69 Å². The SMILES string of the molecule is CNS(=O)(=O)c1ccc(N2CCC(=O)C(C)C2)c([N+](=O)[O-])c1. The Hall–Kier alpha value is -2.00. The number of anilines is 1. The topological polar surface area (TPSA) is 110 Å². The van der Waals surface area contributed by atoms with Gasteiger partial charge >= 0.3 is 0 Å². The number of nitrogens with zero attached hydrogens (tertiary/aromatic N) is 2. The van der Waals surface area contributed by atoms with Crippen LogP contribution in [0.5, 0.6) is 0 Å². The maximum absolute atomic E-state index is 11.8. The Balaban J connectivity index is 2.45. The van der Waals surface area contributed by atoms with Crippen LogP contribution in [0.3, 0.4) is 0 Å². The molecule has 22 heavy (non-hydrogen) atoms. The van der Waals surface area contributed by atoms with Gasteiger partial charge in [-0.15, -0.1) is 0 Å². The molecule has 1 aliphatic rings. The molecule has 1 unspecified atom stereocenters. The number of nitro groups is 1. The highest BCUT2D eigenvalue weighted by atomic mass is 32.2. The fourth-order valence-electron chi connectivity index (χ4n) is 2.44. The Labute approximate surface area is 128 Å². The minimum absolute atomic E-state index is 0.133. The lowest BCUT2D eigenvalue weighted by Crippen LogP contribution is -2.39. The van der Waals surface area contributed by atoms with Crippen LogP contribution >= 0.6 is 0 Å². The molecule has 8 nitrogen and oxygen atoms in total. The number of hydrogen-bond donors (Lipinski definition) is 1. The quantitative estimate of drug-likeness (QED) is 0.650. The van der Waals surface area contributed by atoms with Crippen LogP contribution in [-0.2, 0) is 14.8 Å². The van der Waals surface area contributed by atoms with Gasteiger partial charge in [-0.05, 0) is 19.2 Å². The molecular weight excluding hydrogens is 310 g/mol. The summed E-state index contributed by atoms with van der Waals surface area (Å²) in [5.41, 5.74) is 0.0530. The van der Waals surface area contributed by atoms with Crippen LogP contribution < -0.4 is 9.62 Å². The number of carbonyl (C=O) groups is 1. The van der Waals surface area contributed by atoms with Gasteiger partial charge in [0.15, 0.2) is 0 Å². The van der Waals surface area contributed by atoms with Gasteiger partial charge < -0.3 is 4.90 Å². The predicted octanol–water partition coefficient (Wildman–Crippen LogP) is 0.918. The molecule has 0 radical (unpaired) electrons. The summed E-state index contributed by atoms with van der Waals surface area (Å²) in [6.45, 7) is 2.56. The number of nitrogens with one attached hydrogen (secondary N) is 1. The Morgan fingerprint density at radius 3 is 2.64 bits per heavy atom. The molecule has 0 saturated carbocycles. The second kappa shape index (κ2) is 6.01. The average Bonchev–Trinajstić information content (AvgIpc) is 2.49. The zero-order valence-electron chi connectivity index (χ0n) is 12.3. The molecule has 1 aliphatic heterocycles. The Morgan fingerprint density at radius 1 is 1.41 bits per heavy atom. The molecule has 1 aromatic rings. The summed E-state index contributed by atoms with van der Waals surface area (Å²) in [6.07, 6.45) is 0.328. The zero-order chi connectivity index (χ0) is 16.5. The summed E-state index contributed by atoms with van der Waals surface area (Å²) in [6, 6.07) is 3.79. The first-order valence-electron chi connectivity index (χ1n) is 6.76. The van der Waals surface area contributed by atoms with Gasteiger partial charge in [0.1, 0.15) is 11.5 Å². The van der Waals surface area contributed by atoms with Crippen LogP contribution in [-0.4, -0.2) is 39.3 Å². The van der Waals surface area contributed by atoms with Crippen LogP contribution in [0.4, 0.5) is 11.4 Å². The van der Waals surface area contributed by atoms with Crippen molar-refractivity contribution in [2.45, 2.75) is 18.2 Å². The number of nitro benzene ring substituents is 1. The van der Waals surface area contributed by atoms with E-state index in [0.717, 1.165) is 6.07 Å². The number of piperidine rings is 1. The molecule has 0 spiro atoms. The van der Waals surface area contributed by atoms with Crippen molar-refractivity contribution >= 4 is 27.2 Å². The van der Waals surface area contributed by atoms with E-state index in [1.165, 1.54) is 19.2 Å². The fourth-order valence-corrected chi connectivity index (χ4v) is 3.19. The Bertz CT molecular complexity index is 716. The van der Waals surface area contributed by atoms with Crippen LogP contribution in [0.15, 0.2) is 23.1 Å². The van der Waals surface area contributed by atoms with E-state index in [1.807, 2.05) is 0 Å². The van der Waals surface area contributed by atoms with Crippen molar-refractivity contribution in [3.63, 3.8) is 0 Å². The van der Waals surface area contributed by atoms with Gasteiger partial charge in [0.2, 0.25) is 10.0 Å². The van der Waals surface area contributed by atoms with Crippen molar-refractivity contribution < 1.29 is 18.1 Å². The summed E-state index contributed by atoms with van der Waals surface area (Å²) in [7, 11) is -2.51. The average molecular weight is 327 g/mol. The molecule has 1 atom stereocenters. The molecule has 0 amide bonds. The van der Waals surface area contributed by atoms with Gasteiger partial charge in [-0.25, -0.2) is 13.1 Å². The van der Waals surface area contributed by atoms with Crippen LogP contribution in [0, 0.1) is 16.0 Å². The van der Waals surface area contributed by atoms with E-state index < -0.39 is 14.9 Å². The summed E-state index contributed by atoms with van der Waals surface area (Å²) in [5, 5.41) is 11.3. The summed E-state index contributed by atoms with van der Waals surface area (Å²) in [4.78, 5) is 23.8. The third-order valence-corrected chi connectivity index (χ3v) is 5.15. The normalized spacial score (nSPS) is 19.3. The second-order valence-electron chi connectivity index (χ2n) is 5.18. The standard InChI is InChI=1S/C13H17N3O5S/c1-9-8-15(6-5-13(9)17)11-4-3-10(22(20,21)14-2)7-12(11)16(18)19/h3-4,7,9,14H,5-6,8H2,1-2H3. The lowest BCUT2D eigenvalue weighted by molar-refractivity contribution is -0.384. The maximum atomic E-state index is 11.8. The Morgan fingerprint density at radius 2 is 2.09 bits per heavy atom. The molecule has 0 aliphatic carbocycles. The highest BCUT2D eigenvalue weighted by Crippen LogP contribution is 2.32. The van der Waals surface area contributed by atoms with Gasteiger partial charge in [-0.1, -0.05) is 6.92 Å². The van der Waals surface area contributed by atoms with Crippen LogP contribution in [0.25, 0.3) is 0 Å². The third kappa shape index (κ3) is 3.09. The first-order chi connectivity index (χ1) is 10.3. The zero-order valence-corrected chi connectivity index (χ0v) is 13.1. The molecule has 1 heterocycles. The van der Waals surface area contributed by atoms with Crippen molar-refractivity contribution in [1.82, 2.24) is 4.72 Å². The summed E-state index contributed by atoms with van der Waals surface area (Å²) >= 11 is 0. The van der Waals surface area contributed by atoms with Gasteiger partial charge in [0, 0.05) is 31.5 Å². The molecule has 1 fully saturated rings. The first kappa shape index (κ1) is 16.4. The largest absolute Gasteiger partial charge is 0.365 e. The maximum Gasteiger partial charge on any atom is 0.293 e. The van der Waals surface area contributed by atoms with E-state index in [1.54, 1.807) is 11.8 Å². The molecule has 120 valence electrons. The van der Waals surface area contributed by atoms with Crippen molar-refractivity contribution in [2.75, 3.05) is 25.0 Å². The molecule has 9 heteroatoms. The number of rotatable bonds is 4. The number of Topliss-reactive ketones (excluding diaryl/α,β-unsaturated/α-hetero) is 1. The predicted molar refractivity (Wildman–Crippen MR) is 80.3 cm³/mol. The number of ketones is 1.